The first-order chi connectivity index (χ1) is 13.7. The van der Waals surface area contributed by atoms with E-state index >= 15 is 0 Å². The Labute approximate surface area is 167 Å². The summed E-state index contributed by atoms with van der Waals surface area (Å²) in [7, 11) is 0. The molecule has 4 rings (SSSR count). The first kappa shape index (κ1) is 18.5. The molecule has 0 amide bonds. The molecule has 0 aromatic heterocycles. The molecule has 142 valence electrons. The Hall–Kier alpha value is -2.91. The van der Waals surface area contributed by atoms with Gasteiger partial charge in [-0.3, -0.25) is 9.83 Å². The van der Waals surface area contributed by atoms with Gasteiger partial charge in [0.05, 0.1) is 29.8 Å². The van der Waals surface area contributed by atoms with Crippen molar-refractivity contribution in [3.05, 3.63) is 102 Å². The molecule has 1 aliphatic rings. The lowest BCUT2D eigenvalue weighted by Crippen LogP contribution is -2.32. The van der Waals surface area contributed by atoms with Crippen molar-refractivity contribution in [3.8, 4) is 0 Å². The van der Waals surface area contributed by atoms with Crippen LogP contribution < -0.4 is 5.06 Å². The fourth-order valence-corrected chi connectivity index (χ4v) is 3.79. The first-order valence-corrected chi connectivity index (χ1v) is 9.79. The predicted molar refractivity (Wildman–Crippen MR) is 116 cm³/mol. The molecule has 0 bridgehead atoms. The van der Waals surface area contributed by atoms with Crippen LogP contribution >= 0.6 is 0 Å². The second-order valence-corrected chi connectivity index (χ2v) is 7.62. The molecule has 1 fully saturated rings. The summed E-state index contributed by atoms with van der Waals surface area (Å²) in [5.41, 5.74) is 3.27. The molecule has 0 saturated carbocycles. The van der Waals surface area contributed by atoms with Crippen molar-refractivity contribution in [1.29, 1.82) is 0 Å². The smallest absolute Gasteiger partial charge is 0.0941 e. The fourth-order valence-electron chi connectivity index (χ4n) is 3.79. The molecule has 1 saturated heterocycles. The van der Waals surface area contributed by atoms with Crippen LogP contribution in [0.3, 0.4) is 0 Å². The average molecular weight is 370 g/mol. The average Bonchev–Trinajstić information content (AvgIpc) is 3.11. The number of rotatable bonds is 5. The van der Waals surface area contributed by atoms with Crippen LogP contribution in [0.4, 0.5) is 5.69 Å². The molecule has 28 heavy (non-hydrogen) atoms. The van der Waals surface area contributed by atoms with Crippen LogP contribution in [0, 0.1) is 5.41 Å². The highest BCUT2D eigenvalue weighted by atomic mass is 16.7. The summed E-state index contributed by atoms with van der Waals surface area (Å²) in [5.74, 6) is 0. The van der Waals surface area contributed by atoms with Gasteiger partial charge < -0.3 is 0 Å². The number of anilines is 1. The fraction of sp³-hybridized carbons (Fsp3) is 0.240. The number of nitrogens with zero attached hydrogens (tertiary/aromatic N) is 2. The van der Waals surface area contributed by atoms with Crippen molar-refractivity contribution in [1.82, 2.24) is 0 Å². The quantitative estimate of drug-likeness (QED) is 0.513. The standard InChI is InChI=1S/C25H26N2O/c1-20(21-12-6-3-7-13-21)26-18-25(2)19-28-27(23-16-10-5-11-17-23)24(25)22-14-8-4-9-15-22/h3-18,20,24H,19H2,1-2H3/t20-,24+,25-/m0/s1. The normalized spacial score (nSPS) is 23.2. The lowest BCUT2D eigenvalue weighted by Gasteiger charge is -2.31. The largest absolute Gasteiger partial charge is 0.289 e. The summed E-state index contributed by atoms with van der Waals surface area (Å²) in [4.78, 5) is 11.1. The van der Waals surface area contributed by atoms with Crippen molar-refractivity contribution in [3.63, 3.8) is 0 Å². The second-order valence-electron chi connectivity index (χ2n) is 7.62. The predicted octanol–water partition coefficient (Wildman–Crippen LogP) is 6.02. The number of hydrogen-bond donors (Lipinski definition) is 0. The van der Waals surface area contributed by atoms with Gasteiger partial charge in [0.25, 0.3) is 0 Å². The molecule has 0 aliphatic carbocycles. The zero-order valence-corrected chi connectivity index (χ0v) is 16.4. The van der Waals surface area contributed by atoms with Gasteiger partial charge in [0, 0.05) is 6.21 Å². The lowest BCUT2D eigenvalue weighted by molar-refractivity contribution is 0.149. The summed E-state index contributed by atoms with van der Waals surface area (Å²) in [6.07, 6.45) is 2.10. The summed E-state index contributed by atoms with van der Waals surface area (Å²) < 4.78 is 0. The van der Waals surface area contributed by atoms with Crippen molar-refractivity contribution in [2.24, 2.45) is 10.4 Å². The van der Waals surface area contributed by atoms with E-state index in [2.05, 4.69) is 86.8 Å². The molecule has 0 unspecified atom stereocenters. The van der Waals surface area contributed by atoms with Crippen LogP contribution in [-0.4, -0.2) is 12.8 Å². The van der Waals surface area contributed by atoms with E-state index in [9.17, 15) is 0 Å². The van der Waals surface area contributed by atoms with Gasteiger partial charge in [-0.15, -0.1) is 0 Å². The number of para-hydroxylation sites is 1. The molecule has 3 aromatic rings. The zero-order valence-electron chi connectivity index (χ0n) is 16.4. The van der Waals surface area contributed by atoms with Gasteiger partial charge >= 0.3 is 0 Å². The van der Waals surface area contributed by atoms with E-state index < -0.39 is 0 Å². The Morgan fingerprint density at radius 3 is 2.14 bits per heavy atom. The van der Waals surface area contributed by atoms with Crippen LogP contribution in [0.1, 0.15) is 37.1 Å². The highest BCUT2D eigenvalue weighted by Gasteiger charge is 2.45. The Bertz CT molecular complexity index is 911. The van der Waals surface area contributed by atoms with Gasteiger partial charge in [-0.1, -0.05) is 78.9 Å². The number of aliphatic imine (C=N–C) groups is 1. The first-order valence-electron chi connectivity index (χ1n) is 9.79. The minimum atomic E-state index is -0.236. The molecule has 1 heterocycles. The van der Waals surface area contributed by atoms with Crippen molar-refractivity contribution in [2.45, 2.75) is 25.9 Å². The van der Waals surface area contributed by atoms with Crippen LogP contribution in [0.25, 0.3) is 0 Å². The Morgan fingerprint density at radius 1 is 0.929 bits per heavy atom. The monoisotopic (exact) mass is 370 g/mol. The van der Waals surface area contributed by atoms with Crippen molar-refractivity contribution >= 4 is 11.9 Å². The summed E-state index contributed by atoms with van der Waals surface area (Å²) in [6, 6.07) is 31.4. The molecule has 0 N–H and O–H groups in total. The molecule has 3 heteroatoms. The maximum Gasteiger partial charge on any atom is 0.0941 e. The third-order valence-corrected chi connectivity index (χ3v) is 5.37. The maximum atomic E-state index is 6.20. The molecule has 0 radical (unpaired) electrons. The minimum absolute atomic E-state index is 0.0582. The highest BCUT2D eigenvalue weighted by molar-refractivity contribution is 5.70. The van der Waals surface area contributed by atoms with Gasteiger partial charge in [-0.05, 0) is 37.1 Å². The lowest BCUT2D eigenvalue weighted by atomic mass is 9.80. The van der Waals surface area contributed by atoms with Crippen LogP contribution in [0.2, 0.25) is 0 Å². The van der Waals surface area contributed by atoms with Crippen LogP contribution in [-0.2, 0) is 4.84 Å². The molecular weight excluding hydrogens is 344 g/mol. The molecule has 1 aliphatic heterocycles. The van der Waals surface area contributed by atoms with E-state index in [1.165, 1.54) is 11.1 Å². The van der Waals surface area contributed by atoms with Crippen molar-refractivity contribution < 1.29 is 4.84 Å². The Balaban J connectivity index is 1.67. The summed E-state index contributed by atoms with van der Waals surface area (Å²) in [6.45, 7) is 4.96. The Kier molecular flexibility index (Phi) is 5.27. The van der Waals surface area contributed by atoms with Gasteiger partial charge in [0.15, 0.2) is 0 Å². The van der Waals surface area contributed by atoms with Gasteiger partial charge in [0.2, 0.25) is 0 Å². The van der Waals surface area contributed by atoms with E-state index in [0.29, 0.717) is 6.61 Å². The minimum Gasteiger partial charge on any atom is -0.289 e. The molecule has 3 nitrogen and oxygen atoms in total. The second kappa shape index (κ2) is 7.99. The Morgan fingerprint density at radius 2 is 1.50 bits per heavy atom. The van der Waals surface area contributed by atoms with Crippen molar-refractivity contribution in [2.75, 3.05) is 11.7 Å². The third kappa shape index (κ3) is 3.71. The molecule has 3 atom stereocenters. The zero-order chi connectivity index (χ0) is 19.4. The van der Waals surface area contributed by atoms with Gasteiger partial charge in [-0.2, -0.15) is 0 Å². The maximum absolute atomic E-state index is 6.20. The summed E-state index contributed by atoms with van der Waals surface area (Å²) >= 11 is 0. The SMILES string of the molecule is C[C@H](N=C[C@@]1(C)CON(c2ccccc2)[C@@H]1c1ccccc1)c1ccccc1. The number of hydrogen-bond acceptors (Lipinski definition) is 3. The van der Waals surface area contributed by atoms with E-state index in [0.717, 1.165) is 5.69 Å². The number of benzene rings is 3. The molecular formula is C25H26N2O. The topological polar surface area (TPSA) is 24.8 Å². The van der Waals surface area contributed by atoms with Crippen LogP contribution in [0.5, 0.6) is 0 Å². The van der Waals surface area contributed by atoms with E-state index in [1.807, 2.05) is 29.3 Å². The van der Waals surface area contributed by atoms with Gasteiger partial charge in [0.1, 0.15) is 0 Å². The molecule has 3 aromatic carbocycles. The molecule has 0 spiro atoms. The third-order valence-electron chi connectivity index (χ3n) is 5.37. The highest BCUT2D eigenvalue weighted by Crippen LogP contribution is 2.46. The summed E-state index contributed by atoms with van der Waals surface area (Å²) in [5, 5.41) is 2.04. The van der Waals surface area contributed by atoms with E-state index in [-0.39, 0.29) is 17.5 Å². The van der Waals surface area contributed by atoms with E-state index in [1.54, 1.807) is 0 Å². The van der Waals surface area contributed by atoms with E-state index in [4.69, 9.17) is 9.83 Å². The van der Waals surface area contributed by atoms with Crippen LogP contribution in [0.15, 0.2) is 96.0 Å². The number of hydroxylamine groups is 1. The van der Waals surface area contributed by atoms with Gasteiger partial charge in [-0.25, -0.2) is 5.06 Å².